The highest BCUT2D eigenvalue weighted by Gasteiger charge is 2.03. The zero-order valence-electron chi connectivity index (χ0n) is 9.15. The summed E-state index contributed by atoms with van der Waals surface area (Å²) in [6.45, 7) is 2.18. The Hall–Kier alpha value is -1.41. The van der Waals surface area contributed by atoms with Crippen LogP contribution in [0.5, 0.6) is 0 Å². The zero-order chi connectivity index (χ0) is 11.4. The van der Waals surface area contributed by atoms with Crippen molar-refractivity contribution in [2.24, 2.45) is 0 Å². The normalized spacial score (nSPS) is 10.4. The third-order valence-corrected chi connectivity index (χ3v) is 2.77. The van der Waals surface area contributed by atoms with Crippen molar-refractivity contribution in [3.63, 3.8) is 0 Å². The van der Waals surface area contributed by atoms with Crippen molar-refractivity contribution in [2.45, 2.75) is 19.8 Å². The average Bonchev–Trinajstić information content (AvgIpc) is 2.31. The van der Waals surface area contributed by atoms with Crippen molar-refractivity contribution >= 4 is 11.6 Å². The molecule has 1 aromatic heterocycles. The first-order valence-electron chi connectivity index (χ1n) is 5.36. The number of aryl methyl sites for hydroxylation is 1. The fourth-order valence-corrected chi connectivity index (χ4v) is 1.85. The summed E-state index contributed by atoms with van der Waals surface area (Å²) < 4.78 is 0. The summed E-state index contributed by atoms with van der Waals surface area (Å²) in [5, 5.41) is 0.498. The molecule has 3 heteroatoms. The molecule has 16 heavy (non-hydrogen) atoms. The number of benzene rings is 1. The predicted octanol–water partition coefficient (Wildman–Crippen LogP) is 3.75. The highest BCUT2D eigenvalue weighted by molar-refractivity contribution is 6.32. The van der Waals surface area contributed by atoms with Crippen LogP contribution in [0.1, 0.15) is 18.9 Å². The highest BCUT2D eigenvalue weighted by Crippen LogP contribution is 2.25. The molecule has 2 aromatic rings. The van der Waals surface area contributed by atoms with Crippen LogP contribution in [0.15, 0.2) is 36.8 Å². The molecule has 1 aromatic carbocycles. The number of halogens is 1. The minimum absolute atomic E-state index is 0.498. The van der Waals surface area contributed by atoms with E-state index in [1.54, 1.807) is 6.20 Å². The summed E-state index contributed by atoms with van der Waals surface area (Å²) in [5.41, 5.74) is 3.29. The van der Waals surface area contributed by atoms with Crippen molar-refractivity contribution in [2.75, 3.05) is 0 Å². The molecule has 0 aliphatic heterocycles. The third kappa shape index (κ3) is 2.39. The molecular formula is C13H13ClN2. The van der Waals surface area contributed by atoms with Crippen molar-refractivity contribution in [1.29, 1.82) is 0 Å². The first-order valence-corrected chi connectivity index (χ1v) is 5.74. The number of rotatable bonds is 3. The SMILES string of the molecule is CCCc1ccc(-c2cncnc2Cl)cc1. The molecule has 2 rings (SSSR count). The van der Waals surface area contributed by atoms with Gasteiger partial charge in [0.2, 0.25) is 0 Å². The van der Waals surface area contributed by atoms with Gasteiger partial charge in [0.25, 0.3) is 0 Å². The van der Waals surface area contributed by atoms with Gasteiger partial charge in [-0.2, -0.15) is 0 Å². The van der Waals surface area contributed by atoms with Crippen LogP contribution in [0.3, 0.4) is 0 Å². The molecule has 1 heterocycles. The summed E-state index contributed by atoms with van der Waals surface area (Å²) in [6.07, 6.45) is 5.47. The van der Waals surface area contributed by atoms with Gasteiger partial charge in [0.1, 0.15) is 11.5 Å². The fourth-order valence-electron chi connectivity index (χ4n) is 1.65. The maximum absolute atomic E-state index is 6.01. The van der Waals surface area contributed by atoms with E-state index >= 15 is 0 Å². The van der Waals surface area contributed by atoms with Crippen molar-refractivity contribution < 1.29 is 0 Å². The Bertz CT molecular complexity index is 466. The highest BCUT2D eigenvalue weighted by atomic mass is 35.5. The van der Waals surface area contributed by atoms with E-state index in [0.717, 1.165) is 24.0 Å². The van der Waals surface area contributed by atoms with E-state index in [2.05, 4.69) is 41.2 Å². The van der Waals surface area contributed by atoms with E-state index in [1.807, 2.05) is 0 Å². The van der Waals surface area contributed by atoms with Gasteiger partial charge in [-0.3, -0.25) is 0 Å². The Morgan fingerprint density at radius 3 is 2.56 bits per heavy atom. The molecule has 0 spiro atoms. The fraction of sp³-hybridized carbons (Fsp3) is 0.231. The van der Waals surface area contributed by atoms with E-state index in [0.29, 0.717) is 5.15 Å². The molecule has 0 amide bonds. The van der Waals surface area contributed by atoms with E-state index in [1.165, 1.54) is 11.9 Å². The van der Waals surface area contributed by atoms with Gasteiger partial charge in [-0.15, -0.1) is 0 Å². The number of hydrogen-bond donors (Lipinski definition) is 0. The van der Waals surface area contributed by atoms with Crippen LogP contribution in [0.25, 0.3) is 11.1 Å². The Morgan fingerprint density at radius 2 is 1.94 bits per heavy atom. The summed E-state index contributed by atoms with van der Waals surface area (Å²) >= 11 is 6.01. The number of hydrogen-bond acceptors (Lipinski definition) is 2. The van der Waals surface area contributed by atoms with Crippen LogP contribution >= 0.6 is 11.6 Å². The zero-order valence-corrected chi connectivity index (χ0v) is 9.91. The third-order valence-electron chi connectivity index (χ3n) is 2.47. The van der Waals surface area contributed by atoms with E-state index in [-0.39, 0.29) is 0 Å². The van der Waals surface area contributed by atoms with Gasteiger partial charge in [-0.1, -0.05) is 49.2 Å². The molecule has 82 valence electrons. The lowest BCUT2D eigenvalue weighted by atomic mass is 10.0. The van der Waals surface area contributed by atoms with Gasteiger partial charge >= 0.3 is 0 Å². The van der Waals surface area contributed by atoms with Crippen molar-refractivity contribution in [1.82, 2.24) is 9.97 Å². The lowest BCUT2D eigenvalue weighted by Crippen LogP contribution is -1.87. The largest absolute Gasteiger partial charge is 0.244 e. The number of nitrogens with zero attached hydrogens (tertiary/aromatic N) is 2. The molecule has 0 radical (unpaired) electrons. The standard InChI is InChI=1S/C13H13ClN2/c1-2-3-10-4-6-11(7-5-10)12-8-15-9-16-13(12)14/h4-9H,2-3H2,1H3. The van der Waals surface area contributed by atoms with Gasteiger partial charge in [0.15, 0.2) is 0 Å². The topological polar surface area (TPSA) is 25.8 Å². The first-order chi connectivity index (χ1) is 7.81. The Labute approximate surface area is 100 Å². The molecule has 0 bridgehead atoms. The molecule has 2 nitrogen and oxygen atoms in total. The molecular weight excluding hydrogens is 220 g/mol. The summed E-state index contributed by atoms with van der Waals surface area (Å²) in [5.74, 6) is 0. The minimum atomic E-state index is 0.498. The van der Waals surface area contributed by atoms with Crippen molar-refractivity contribution in [3.8, 4) is 11.1 Å². The summed E-state index contributed by atoms with van der Waals surface area (Å²) in [7, 11) is 0. The maximum Gasteiger partial charge on any atom is 0.140 e. The summed E-state index contributed by atoms with van der Waals surface area (Å²) in [6, 6.07) is 8.38. The van der Waals surface area contributed by atoms with E-state index < -0.39 is 0 Å². The second-order valence-electron chi connectivity index (χ2n) is 3.67. The van der Waals surface area contributed by atoms with Crippen LogP contribution in [-0.2, 0) is 6.42 Å². The molecule has 0 saturated heterocycles. The average molecular weight is 233 g/mol. The maximum atomic E-state index is 6.01. The van der Waals surface area contributed by atoms with Crippen LogP contribution in [0, 0.1) is 0 Å². The molecule has 0 saturated carbocycles. The molecule has 0 unspecified atom stereocenters. The van der Waals surface area contributed by atoms with E-state index in [9.17, 15) is 0 Å². The predicted molar refractivity (Wildman–Crippen MR) is 66.5 cm³/mol. The second kappa shape index (κ2) is 5.08. The van der Waals surface area contributed by atoms with Gasteiger partial charge in [0, 0.05) is 11.8 Å². The second-order valence-corrected chi connectivity index (χ2v) is 4.03. The van der Waals surface area contributed by atoms with Crippen LogP contribution in [-0.4, -0.2) is 9.97 Å². The smallest absolute Gasteiger partial charge is 0.140 e. The minimum Gasteiger partial charge on any atom is -0.244 e. The van der Waals surface area contributed by atoms with Crippen molar-refractivity contribution in [3.05, 3.63) is 47.5 Å². The Balaban J connectivity index is 2.31. The van der Waals surface area contributed by atoms with Gasteiger partial charge in [-0.25, -0.2) is 9.97 Å². The van der Waals surface area contributed by atoms with Crippen LogP contribution in [0.2, 0.25) is 5.15 Å². The molecule has 0 aliphatic rings. The summed E-state index contributed by atoms with van der Waals surface area (Å²) in [4.78, 5) is 7.95. The number of aromatic nitrogens is 2. The van der Waals surface area contributed by atoms with Gasteiger partial charge in [-0.05, 0) is 17.5 Å². The van der Waals surface area contributed by atoms with E-state index in [4.69, 9.17) is 11.6 Å². The molecule has 0 atom stereocenters. The Kier molecular flexibility index (Phi) is 3.52. The molecule has 0 aliphatic carbocycles. The first kappa shape index (κ1) is 11.1. The van der Waals surface area contributed by atoms with Gasteiger partial charge in [0.05, 0.1) is 0 Å². The monoisotopic (exact) mass is 232 g/mol. The Morgan fingerprint density at radius 1 is 1.19 bits per heavy atom. The lowest BCUT2D eigenvalue weighted by Gasteiger charge is -2.04. The van der Waals surface area contributed by atoms with Crippen LogP contribution in [0.4, 0.5) is 0 Å². The molecule has 0 N–H and O–H groups in total. The van der Waals surface area contributed by atoms with Crippen LogP contribution < -0.4 is 0 Å². The van der Waals surface area contributed by atoms with Gasteiger partial charge < -0.3 is 0 Å². The quantitative estimate of drug-likeness (QED) is 0.754. The molecule has 0 fully saturated rings. The lowest BCUT2D eigenvalue weighted by molar-refractivity contribution is 0.922.